The summed E-state index contributed by atoms with van der Waals surface area (Å²) in [6, 6.07) is 4.87. The highest BCUT2D eigenvalue weighted by atomic mass is 19.1. The van der Waals surface area contributed by atoms with Crippen molar-refractivity contribution in [1.82, 2.24) is 0 Å². The van der Waals surface area contributed by atoms with E-state index in [1.165, 1.54) is 25.1 Å². The van der Waals surface area contributed by atoms with Gasteiger partial charge in [-0.15, -0.1) is 0 Å². The van der Waals surface area contributed by atoms with Gasteiger partial charge in [-0.05, 0) is 30.7 Å². The van der Waals surface area contributed by atoms with Gasteiger partial charge < -0.3 is 14.8 Å². The molecule has 0 aliphatic carbocycles. The zero-order valence-corrected chi connectivity index (χ0v) is 10.9. The van der Waals surface area contributed by atoms with E-state index in [4.69, 9.17) is 9.52 Å². The maximum absolute atomic E-state index is 13.4. The van der Waals surface area contributed by atoms with Crippen LogP contribution in [0.25, 0.3) is 0 Å². The van der Waals surface area contributed by atoms with Gasteiger partial charge >= 0.3 is 5.97 Å². The number of nitrogens with zero attached hydrogens (tertiary/aromatic N) is 1. The van der Waals surface area contributed by atoms with E-state index in [-0.39, 0.29) is 23.6 Å². The first-order valence-electron chi connectivity index (χ1n) is 5.89. The molecule has 2 N–H and O–H groups in total. The molecule has 0 saturated carbocycles. The van der Waals surface area contributed by atoms with Crippen LogP contribution < -0.4 is 5.32 Å². The van der Waals surface area contributed by atoms with E-state index in [0.717, 1.165) is 6.07 Å². The molecule has 0 aliphatic heterocycles. The number of furan rings is 1. The topological polar surface area (TPSA) is 106 Å². The molecule has 8 heteroatoms. The molecule has 2 rings (SSSR count). The Morgan fingerprint density at radius 2 is 2.19 bits per heavy atom. The van der Waals surface area contributed by atoms with Crippen LogP contribution >= 0.6 is 0 Å². The molecule has 0 fully saturated rings. The van der Waals surface area contributed by atoms with E-state index < -0.39 is 22.4 Å². The van der Waals surface area contributed by atoms with Crippen molar-refractivity contribution in [3.05, 3.63) is 57.3 Å². The van der Waals surface area contributed by atoms with Gasteiger partial charge in [0.05, 0.1) is 17.5 Å². The van der Waals surface area contributed by atoms with Crippen LogP contribution in [0, 0.1) is 22.9 Å². The normalized spacial score (nSPS) is 10.4. The molecule has 1 aromatic heterocycles. The van der Waals surface area contributed by atoms with E-state index in [2.05, 4.69) is 5.32 Å². The minimum atomic E-state index is -1.20. The molecule has 21 heavy (non-hydrogen) atoms. The van der Waals surface area contributed by atoms with Gasteiger partial charge in [-0.3, -0.25) is 10.1 Å². The summed E-state index contributed by atoms with van der Waals surface area (Å²) < 4.78 is 18.4. The number of aryl methyl sites for hydroxylation is 1. The van der Waals surface area contributed by atoms with Crippen molar-refractivity contribution in [1.29, 1.82) is 0 Å². The van der Waals surface area contributed by atoms with Crippen molar-refractivity contribution in [2.45, 2.75) is 13.5 Å². The van der Waals surface area contributed by atoms with E-state index in [9.17, 15) is 19.3 Å². The fraction of sp³-hybridized carbons (Fsp3) is 0.154. The fourth-order valence-corrected chi connectivity index (χ4v) is 1.73. The summed E-state index contributed by atoms with van der Waals surface area (Å²) in [5.41, 5.74) is -0.0101. The highest BCUT2D eigenvalue weighted by molar-refractivity contribution is 5.84. The zero-order chi connectivity index (χ0) is 15.6. The van der Waals surface area contributed by atoms with E-state index >= 15 is 0 Å². The lowest BCUT2D eigenvalue weighted by atomic mass is 10.1. The maximum atomic E-state index is 13.4. The van der Waals surface area contributed by atoms with E-state index in [1.54, 1.807) is 0 Å². The molecule has 1 aromatic carbocycles. The van der Waals surface area contributed by atoms with Crippen LogP contribution in [0.2, 0.25) is 0 Å². The third-order valence-corrected chi connectivity index (χ3v) is 2.80. The number of rotatable bonds is 5. The number of benzene rings is 1. The molecule has 0 bridgehead atoms. The summed E-state index contributed by atoms with van der Waals surface area (Å²) in [4.78, 5) is 20.9. The lowest BCUT2D eigenvalue weighted by Crippen LogP contribution is -2.03. The smallest absolute Gasteiger partial charge is 0.371 e. The minimum absolute atomic E-state index is 0.0409. The number of anilines is 1. The van der Waals surface area contributed by atoms with E-state index in [1.807, 2.05) is 0 Å². The van der Waals surface area contributed by atoms with Crippen molar-refractivity contribution in [3.63, 3.8) is 0 Å². The van der Waals surface area contributed by atoms with E-state index in [0.29, 0.717) is 5.76 Å². The Hall–Kier alpha value is -2.90. The number of halogens is 1. The van der Waals surface area contributed by atoms with Gasteiger partial charge in [0.15, 0.2) is 0 Å². The third-order valence-electron chi connectivity index (χ3n) is 2.80. The van der Waals surface area contributed by atoms with Gasteiger partial charge in [0.1, 0.15) is 17.3 Å². The Bertz CT molecular complexity index is 711. The molecule has 0 aliphatic rings. The largest absolute Gasteiger partial charge is 0.475 e. The highest BCUT2D eigenvalue weighted by Gasteiger charge is 2.17. The van der Waals surface area contributed by atoms with Crippen LogP contribution in [0.15, 0.2) is 28.7 Å². The van der Waals surface area contributed by atoms with Crippen LogP contribution in [-0.2, 0) is 6.54 Å². The SMILES string of the molecule is Cc1cc(NCc2ccc(C(=O)O)o2)c([N+](=O)[O-])cc1F. The van der Waals surface area contributed by atoms with Gasteiger partial charge in [-0.1, -0.05) is 0 Å². The van der Waals surface area contributed by atoms with Crippen molar-refractivity contribution in [2.75, 3.05) is 5.32 Å². The summed E-state index contributed by atoms with van der Waals surface area (Å²) >= 11 is 0. The minimum Gasteiger partial charge on any atom is -0.475 e. The maximum Gasteiger partial charge on any atom is 0.371 e. The molecule has 0 atom stereocenters. The molecule has 0 spiro atoms. The second kappa shape index (κ2) is 5.61. The lowest BCUT2D eigenvalue weighted by Gasteiger charge is -2.07. The monoisotopic (exact) mass is 294 g/mol. The molecule has 1 heterocycles. The van der Waals surface area contributed by atoms with Crippen molar-refractivity contribution in [3.8, 4) is 0 Å². The quantitative estimate of drug-likeness (QED) is 0.648. The Balaban J connectivity index is 2.20. The van der Waals surface area contributed by atoms with Gasteiger partial charge in [0.25, 0.3) is 5.69 Å². The van der Waals surface area contributed by atoms with Crippen LogP contribution in [0.4, 0.5) is 15.8 Å². The number of nitro benzene ring substituents is 1. The zero-order valence-electron chi connectivity index (χ0n) is 10.9. The van der Waals surface area contributed by atoms with Crippen LogP contribution in [-0.4, -0.2) is 16.0 Å². The first-order chi connectivity index (χ1) is 9.88. The standard InChI is InChI=1S/C13H11FN2O5/c1-7-4-10(11(16(19)20)5-9(7)14)15-6-8-2-3-12(21-8)13(17)18/h2-5,15H,6H2,1H3,(H,17,18). The van der Waals surface area contributed by atoms with Crippen molar-refractivity contribution in [2.24, 2.45) is 0 Å². The molecule has 2 aromatic rings. The number of nitro groups is 1. The molecule has 0 unspecified atom stereocenters. The lowest BCUT2D eigenvalue weighted by molar-refractivity contribution is -0.384. The molecule has 0 radical (unpaired) electrons. The fourth-order valence-electron chi connectivity index (χ4n) is 1.73. The number of hydrogen-bond acceptors (Lipinski definition) is 5. The third kappa shape index (κ3) is 3.16. The number of carboxylic acids is 1. The average molecular weight is 294 g/mol. The highest BCUT2D eigenvalue weighted by Crippen LogP contribution is 2.28. The summed E-state index contributed by atoms with van der Waals surface area (Å²) in [7, 11) is 0. The second-order valence-corrected chi connectivity index (χ2v) is 4.30. The summed E-state index contributed by atoms with van der Waals surface area (Å²) in [5, 5.41) is 22.3. The first-order valence-corrected chi connectivity index (χ1v) is 5.89. The van der Waals surface area contributed by atoms with Crippen LogP contribution in [0.3, 0.4) is 0 Å². The molecule has 110 valence electrons. The van der Waals surface area contributed by atoms with Crippen LogP contribution in [0.1, 0.15) is 21.9 Å². The number of hydrogen-bond donors (Lipinski definition) is 2. The van der Waals surface area contributed by atoms with Crippen LogP contribution in [0.5, 0.6) is 0 Å². The number of carboxylic acid groups (broad SMARTS) is 1. The number of aromatic carboxylic acids is 1. The first kappa shape index (κ1) is 14.5. The molecule has 0 saturated heterocycles. The van der Waals surface area contributed by atoms with Gasteiger partial charge in [-0.25, -0.2) is 9.18 Å². The summed E-state index contributed by atoms with van der Waals surface area (Å²) in [6.45, 7) is 1.53. The number of carbonyl (C=O) groups is 1. The van der Waals surface area contributed by atoms with Gasteiger partial charge in [0, 0.05) is 0 Å². The van der Waals surface area contributed by atoms with Gasteiger partial charge in [0.2, 0.25) is 5.76 Å². The predicted molar refractivity (Wildman–Crippen MR) is 70.8 cm³/mol. The van der Waals surface area contributed by atoms with Crippen molar-refractivity contribution < 1.29 is 23.6 Å². The summed E-state index contributed by atoms with van der Waals surface area (Å²) in [6.07, 6.45) is 0. The Morgan fingerprint density at radius 3 is 2.76 bits per heavy atom. The van der Waals surface area contributed by atoms with Crippen molar-refractivity contribution >= 4 is 17.3 Å². The molecule has 0 amide bonds. The molecular formula is C13H11FN2O5. The number of nitrogens with one attached hydrogen (secondary N) is 1. The Kier molecular flexibility index (Phi) is 3.88. The molecule has 7 nitrogen and oxygen atoms in total. The predicted octanol–water partition coefficient (Wildman–Crippen LogP) is 2.95. The Morgan fingerprint density at radius 1 is 1.48 bits per heavy atom. The second-order valence-electron chi connectivity index (χ2n) is 4.30. The van der Waals surface area contributed by atoms with Gasteiger partial charge in [-0.2, -0.15) is 0 Å². The molecular weight excluding hydrogens is 283 g/mol. The Labute approximate surface area is 118 Å². The summed E-state index contributed by atoms with van der Waals surface area (Å²) in [5.74, 6) is -1.80. The average Bonchev–Trinajstić information content (AvgIpc) is 2.88.